The van der Waals surface area contributed by atoms with Crippen LogP contribution in [0, 0.1) is 17.8 Å². The van der Waals surface area contributed by atoms with Crippen molar-refractivity contribution in [2.75, 3.05) is 6.54 Å². The lowest BCUT2D eigenvalue weighted by molar-refractivity contribution is -0.116. The highest BCUT2D eigenvalue weighted by Crippen LogP contribution is 2.47. The van der Waals surface area contributed by atoms with Gasteiger partial charge in [-0.1, -0.05) is 43.2 Å². The van der Waals surface area contributed by atoms with Crippen LogP contribution in [0.2, 0.25) is 0 Å². The summed E-state index contributed by atoms with van der Waals surface area (Å²) in [5.41, 5.74) is 1.07. The van der Waals surface area contributed by atoms with E-state index in [4.69, 9.17) is 0 Å². The van der Waals surface area contributed by atoms with E-state index in [1.54, 1.807) is 6.08 Å². The molecule has 1 aromatic carbocycles. The fraction of sp³-hybridized carbons (Fsp3) is 0.500. The third-order valence-electron chi connectivity index (χ3n) is 5.00. The van der Waals surface area contributed by atoms with Gasteiger partial charge in [-0.25, -0.2) is 0 Å². The Balaban J connectivity index is 1.46. The number of carbonyl (C=O) groups is 1. The second-order valence-corrected chi connectivity index (χ2v) is 6.18. The van der Waals surface area contributed by atoms with E-state index in [0.717, 1.165) is 29.9 Å². The number of carbonyl (C=O) groups excluding carboxylic acids is 1. The average molecular weight is 269 g/mol. The summed E-state index contributed by atoms with van der Waals surface area (Å²) >= 11 is 0. The van der Waals surface area contributed by atoms with E-state index < -0.39 is 0 Å². The summed E-state index contributed by atoms with van der Waals surface area (Å²) in [6, 6.07) is 9.95. The van der Waals surface area contributed by atoms with Gasteiger partial charge in [-0.3, -0.25) is 4.79 Å². The van der Waals surface area contributed by atoms with Crippen LogP contribution in [0.25, 0.3) is 6.08 Å². The van der Waals surface area contributed by atoms with Crippen LogP contribution in [0.1, 0.15) is 37.7 Å². The lowest BCUT2D eigenvalue weighted by atomic mass is 9.92. The first-order valence-electron chi connectivity index (χ1n) is 7.84. The predicted molar refractivity (Wildman–Crippen MR) is 82.0 cm³/mol. The molecule has 1 N–H and O–H groups in total. The molecule has 0 heterocycles. The molecule has 3 rings (SSSR count). The molecule has 2 aliphatic rings. The van der Waals surface area contributed by atoms with Gasteiger partial charge in [0.15, 0.2) is 0 Å². The van der Waals surface area contributed by atoms with Gasteiger partial charge in [-0.05, 0) is 48.7 Å². The molecule has 2 heteroatoms. The molecule has 0 aliphatic heterocycles. The molecule has 0 aromatic heterocycles. The SMILES string of the molecule is O=C(C=Cc1ccccc1)NC[C@H]1CC[C@@H]2CCC[C@@H]21. The Bertz CT molecular complexity index is 479. The van der Waals surface area contributed by atoms with Gasteiger partial charge in [0.1, 0.15) is 0 Å². The summed E-state index contributed by atoms with van der Waals surface area (Å²) in [5.74, 6) is 2.59. The number of rotatable bonds is 4. The zero-order chi connectivity index (χ0) is 13.8. The predicted octanol–water partition coefficient (Wildman–Crippen LogP) is 3.64. The summed E-state index contributed by atoms with van der Waals surface area (Å²) in [5, 5.41) is 3.08. The largest absolute Gasteiger partial charge is 0.352 e. The molecule has 3 atom stereocenters. The molecule has 2 saturated carbocycles. The molecule has 0 bridgehead atoms. The Morgan fingerprint density at radius 3 is 2.85 bits per heavy atom. The first-order chi connectivity index (χ1) is 9.83. The molecule has 20 heavy (non-hydrogen) atoms. The second kappa shape index (κ2) is 6.25. The smallest absolute Gasteiger partial charge is 0.244 e. The molecule has 2 fully saturated rings. The minimum Gasteiger partial charge on any atom is -0.352 e. The molecule has 106 valence electrons. The minimum absolute atomic E-state index is 0.0373. The Labute approximate surface area is 121 Å². The van der Waals surface area contributed by atoms with E-state index in [-0.39, 0.29) is 5.91 Å². The lowest BCUT2D eigenvalue weighted by Crippen LogP contribution is -2.29. The molecule has 1 aromatic rings. The van der Waals surface area contributed by atoms with Gasteiger partial charge in [-0.15, -0.1) is 0 Å². The van der Waals surface area contributed by atoms with Crippen molar-refractivity contribution in [3.63, 3.8) is 0 Å². The maximum absolute atomic E-state index is 11.9. The van der Waals surface area contributed by atoms with Crippen LogP contribution >= 0.6 is 0 Å². The van der Waals surface area contributed by atoms with Crippen LogP contribution in [-0.2, 0) is 4.79 Å². The number of hydrogen-bond acceptors (Lipinski definition) is 1. The Kier molecular flexibility index (Phi) is 4.19. The number of nitrogens with one attached hydrogen (secondary N) is 1. The van der Waals surface area contributed by atoms with Crippen molar-refractivity contribution in [2.24, 2.45) is 17.8 Å². The summed E-state index contributed by atoms with van der Waals surface area (Å²) in [4.78, 5) is 11.9. The van der Waals surface area contributed by atoms with Crippen LogP contribution in [0.4, 0.5) is 0 Å². The summed E-state index contributed by atoms with van der Waals surface area (Å²) in [7, 11) is 0. The molecule has 1 amide bonds. The molecule has 2 aliphatic carbocycles. The Morgan fingerprint density at radius 1 is 1.15 bits per heavy atom. The van der Waals surface area contributed by atoms with Gasteiger partial charge in [-0.2, -0.15) is 0 Å². The first-order valence-corrected chi connectivity index (χ1v) is 7.84. The molecule has 0 radical (unpaired) electrons. The maximum atomic E-state index is 11.9. The Hall–Kier alpha value is -1.57. The van der Waals surface area contributed by atoms with Crippen molar-refractivity contribution in [2.45, 2.75) is 32.1 Å². The fourth-order valence-corrected chi connectivity index (χ4v) is 3.97. The summed E-state index contributed by atoms with van der Waals surface area (Å²) < 4.78 is 0. The summed E-state index contributed by atoms with van der Waals surface area (Å²) in [6.45, 7) is 0.860. The third kappa shape index (κ3) is 3.12. The number of amides is 1. The quantitative estimate of drug-likeness (QED) is 0.831. The van der Waals surface area contributed by atoms with Gasteiger partial charge in [0.05, 0.1) is 0 Å². The molecule has 0 spiro atoms. The monoisotopic (exact) mass is 269 g/mol. The lowest BCUT2D eigenvalue weighted by Gasteiger charge is -2.18. The van der Waals surface area contributed by atoms with Crippen LogP contribution < -0.4 is 5.32 Å². The van der Waals surface area contributed by atoms with Crippen LogP contribution in [0.5, 0.6) is 0 Å². The zero-order valence-electron chi connectivity index (χ0n) is 11.9. The van der Waals surface area contributed by atoms with Crippen molar-refractivity contribution in [1.29, 1.82) is 0 Å². The van der Waals surface area contributed by atoms with Crippen molar-refractivity contribution in [3.05, 3.63) is 42.0 Å². The average Bonchev–Trinajstić information content (AvgIpc) is 3.07. The van der Waals surface area contributed by atoms with Crippen LogP contribution in [0.15, 0.2) is 36.4 Å². The van der Waals surface area contributed by atoms with Gasteiger partial charge < -0.3 is 5.32 Å². The molecular formula is C18H23NO. The number of benzene rings is 1. The molecule has 0 saturated heterocycles. The normalized spacial score (nSPS) is 28.7. The zero-order valence-corrected chi connectivity index (χ0v) is 11.9. The van der Waals surface area contributed by atoms with E-state index >= 15 is 0 Å². The highest BCUT2D eigenvalue weighted by Gasteiger charge is 2.38. The van der Waals surface area contributed by atoms with E-state index in [1.807, 2.05) is 36.4 Å². The van der Waals surface area contributed by atoms with Crippen molar-refractivity contribution in [1.82, 2.24) is 5.32 Å². The van der Waals surface area contributed by atoms with Crippen molar-refractivity contribution < 1.29 is 4.79 Å². The van der Waals surface area contributed by atoms with Gasteiger partial charge in [0, 0.05) is 12.6 Å². The minimum atomic E-state index is 0.0373. The Morgan fingerprint density at radius 2 is 2.00 bits per heavy atom. The highest BCUT2D eigenvalue weighted by atomic mass is 16.1. The van der Waals surface area contributed by atoms with Gasteiger partial charge >= 0.3 is 0 Å². The molecular weight excluding hydrogens is 246 g/mol. The highest BCUT2D eigenvalue weighted by molar-refractivity contribution is 5.91. The van der Waals surface area contributed by atoms with Crippen molar-refractivity contribution in [3.8, 4) is 0 Å². The third-order valence-corrected chi connectivity index (χ3v) is 5.00. The molecule has 2 nitrogen and oxygen atoms in total. The number of hydrogen-bond donors (Lipinski definition) is 1. The standard InChI is InChI=1S/C18H23NO/c20-18(12-9-14-5-2-1-3-6-14)19-13-16-11-10-15-7-4-8-17(15)16/h1-3,5-6,9,12,15-17H,4,7-8,10-11,13H2,(H,19,20)/t15-,16+,17-/m0/s1. The van der Waals surface area contributed by atoms with E-state index in [2.05, 4.69) is 5.32 Å². The van der Waals surface area contributed by atoms with E-state index in [1.165, 1.54) is 32.1 Å². The second-order valence-electron chi connectivity index (χ2n) is 6.18. The van der Waals surface area contributed by atoms with Gasteiger partial charge in [0.2, 0.25) is 5.91 Å². The van der Waals surface area contributed by atoms with E-state index in [9.17, 15) is 4.79 Å². The number of fused-ring (bicyclic) bond motifs is 1. The van der Waals surface area contributed by atoms with Crippen molar-refractivity contribution >= 4 is 12.0 Å². The van der Waals surface area contributed by atoms with Crippen LogP contribution in [0.3, 0.4) is 0 Å². The maximum Gasteiger partial charge on any atom is 0.244 e. The summed E-state index contributed by atoms with van der Waals surface area (Å²) in [6.07, 6.45) is 10.4. The van der Waals surface area contributed by atoms with Crippen LogP contribution in [-0.4, -0.2) is 12.5 Å². The topological polar surface area (TPSA) is 29.1 Å². The van der Waals surface area contributed by atoms with E-state index in [0.29, 0.717) is 0 Å². The fourth-order valence-electron chi connectivity index (χ4n) is 3.97. The first kappa shape index (κ1) is 13.4. The molecule has 0 unspecified atom stereocenters. The van der Waals surface area contributed by atoms with Gasteiger partial charge in [0.25, 0.3) is 0 Å².